The van der Waals surface area contributed by atoms with Crippen LogP contribution in [0, 0.1) is 0 Å². The average molecular weight is 400 g/mol. The van der Waals surface area contributed by atoms with E-state index in [1.54, 1.807) is 24.3 Å². The van der Waals surface area contributed by atoms with Crippen molar-refractivity contribution in [3.05, 3.63) is 70.6 Å². The maximum atomic E-state index is 13.5. The molecule has 0 amide bonds. The van der Waals surface area contributed by atoms with Crippen LogP contribution in [0.1, 0.15) is 5.56 Å². The number of hydrogen-bond acceptors (Lipinski definition) is 4. The van der Waals surface area contributed by atoms with Crippen molar-refractivity contribution in [2.45, 2.75) is 6.18 Å². The van der Waals surface area contributed by atoms with Crippen molar-refractivity contribution in [2.24, 2.45) is 0 Å². The van der Waals surface area contributed by atoms with Crippen LogP contribution in [0.3, 0.4) is 0 Å². The van der Waals surface area contributed by atoms with Gasteiger partial charge in [-0.05, 0) is 23.6 Å². The van der Waals surface area contributed by atoms with Crippen LogP contribution in [0.5, 0.6) is 11.5 Å². The summed E-state index contributed by atoms with van der Waals surface area (Å²) in [6, 6.07) is 11.7. The summed E-state index contributed by atoms with van der Waals surface area (Å²) in [4.78, 5) is 13.4. The van der Waals surface area contributed by atoms with Crippen LogP contribution in [0.2, 0.25) is 0 Å². The lowest BCUT2D eigenvalue weighted by atomic mass is 9.97. The highest BCUT2D eigenvalue weighted by Crippen LogP contribution is 2.40. The molecule has 4 aromatic rings. The zero-order chi connectivity index (χ0) is 20.8. The second-order valence-corrected chi connectivity index (χ2v) is 6.36. The smallest absolute Gasteiger partial charge is 0.417 e. The number of halogens is 3. The van der Waals surface area contributed by atoms with Gasteiger partial charge in [0.25, 0.3) is 0 Å². The zero-order valence-corrected chi connectivity index (χ0v) is 15.5. The van der Waals surface area contributed by atoms with E-state index in [4.69, 9.17) is 13.9 Å². The molecule has 4 rings (SSSR count). The van der Waals surface area contributed by atoms with E-state index in [2.05, 4.69) is 0 Å². The first-order chi connectivity index (χ1) is 13.9. The Bertz CT molecular complexity index is 1290. The molecule has 29 heavy (non-hydrogen) atoms. The van der Waals surface area contributed by atoms with Crippen LogP contribution < -0.4 is 14.9 Å². The molecule has 0 N–H and O–H groups in total. The van der Waals surface area contributed by atoms with Gasteiger partial charge < -0.3 is 13.9 Å². The zero-order valence-electron chi connectivity index (χ0n) is 15.5. The van der Waals surface area contributed by atoms with Crippen LogP contribution >= 0.6 is 0 Å². The minimum atomic E-state index is -4.61. The van der Waals surface area contributed by atoms with E-state index in [9.17, 15) is 18.0 Å². The molecule has 0 aliphatic heterocycles. The Labute approximate surface area is 163 Å². The number of ether oxygens (including phenoxy) is 2. The van der Waals surface area contributed by atoms with Crippen LogP contribution in [-0.4, -0.2) is 14.2 Å². The molecule has 1 aromatic heterocycles. The van der Waals surface area contributed by atoms with Crippen LogP contribution in [-0.2, 0) is 6.18 Å². The van der Waals surface area contributed by atoms with E-state index in [1.165, 1.54) is 32.4 Å². The van der Waals surface area contributed by atoms with Crippen molar-refractivity contribution in [3.63, 3.8) is 0 Å². The van der Waals surface area contributed by atoms with Crippen molar-refractivity contribution < 1.29 is 27.1 Å². The van der Waals surface area contributed by atoms with Gasteiger partial charge in [0.15, 0.2) is 11.5 Å². The number of benzene rings is 3. The summed E-state index contributed by atoms with van der Waals surface area (Å²) in [6.07, 6.45) is -3.55. The second kappa shape index (κ2) is 6.84. The summed E-state index contributed by atoms with van der Waals surface area (Å²) in [5, 5.41) is 1.22. The predicted octanol–water partition coefficient (Wildman–Crippen LogP) is 5.65. The third-order valence-electron chi connectivity index (χ3n) is 4.79. The van der Waals surface area contributed by atoms with E-state index in [1.807, 2.05) is 0 Å². The third-order valence-corrected chi connectivity index (χ3v) is 4.79. The summed E-state index contributed by atoms with van der Waals surface area (Å²) >= 11 is 0. The van der Waals surface area contributed by atoms with Crippen LogP contribution in [0.15, 0.2) is 64.0 Å². The normalized spacial score (nSPS) is 11.8. The topological polar surface area (TPSA) is 48.7 Å². The summed E-state index contributed by atoms with van der Waals surface area (Å²) in [5.41, 5.74) is -1.67. The molecule has 0 bridgehead atoms. The van der Waals surface area contributed by atoms with E-state index < -0.39 is 17.2 Å². The van der Waals surface area contributed by atoms with E-state index >= 15 is 0 Å². The molecule has 0 saturated heterocycles. The maximum absolute atomic E-state index is 13.5. The highest BCUT2D eigenvalue weighted by Gasteiger charge is 2.34. The quantitative estimate of drug-likeness (QED) is 0.417. The summed E-state index contributed by atoms with van der Waals surface area (Å²) < 4.78 is 56.8. The Morgan fingerprint density at radius 3 is 2.28 bits per heavy atom. The van der Waals surface area contributed by atoms with Gasteiger partial charge in [-0.15, -0.1) is 0 Å². The van der Waals surface area contributed by atoms with Gasteiger partial charge in [0.05, 0.1) is 30.7 Å². The fourth-order valence-electron chi connectivity index (χ4n) is 3.50. The number of rotatable bonds is 3. The molecule has 0 spiro atoms. The minimum absolute atomic E-state index is 0.132. The first kappa shape index (κ1) is 18.9. The van der Waals surface area contributed by atoms with Gasteiger partial charge in [-0.3, -0.25) is 4.79 Å². The minimum Gasteiger partial charge on any atom is -0.493 e. The van der Waals surface area contributed by atoms with Gasteiger partial charge in [-0.25, -0.2) is 0 Å². The number of fused-ring (bicyclic) bond motifs is 3. The Balaban J connectivity index is 2.15. The molecule has 0 aliphatic carbocycles. The lowest BCUT2D eigenvalue weighted by molar-refractivity contribution is -0.137. The lowest BCUT2D eigenvalue weighted by Gasteiger charge is -2.14. The van der Waals surface area contributed by atoms with Crippen LogP contribution in [0.4, 0.5) is 13.2 Å². The molecule has 0 atom stereocenters. The van der Waals surface area contributed by atoms with Crippen molar-refractivity contribution in [3.8, 4) is 22.6 Å². The van der Waals surface area contributed by atoms with Gasteiger partial charge in [0.1, 0.15) is 11.8 Å². The van der Waals surface area contributed by atoms with Crippen molar-refractivity contribution in [1.29, 1.82) is 0 Å². The molecule has 3 aromatic carbocycles. The highest BCUT2D eigenvalue weighted by atomic mass is 19.4. The maximum Gasteiger partial charge on any atom is 0.417 e. The second-order valence-electron chi connectivity index (χ2n) is 6.36. The molecule has 1 heterocycles. The van der Waals surface area contributed by atoms with Gasteiger partial charge in [-0.2, -0.15) is 13.2 Å². The molecule has 0 aliphatic rings. The molecule has 0 fully saturated rings. The number of hydrogen-bond donors (Lipinski definition) is 0. The Morgan fingerprint density at radius 2 is 1.59 bits per heavy atom. The number of methoxy groups -OCH3 is 2. The molecule has 148 valence electrons. The fraction of sp³-hybridized carbons (Fsp3) is 0.136. The van der Waals surface area contributed by atoms with Crippen molar-refractivity contribution in [1.82, 2.24) is 0 Å². The molecule has 7 heteroatoms. The van der Waals surface area contributed by atoms with Crippen molar-refractivity contribution in [2.75, 3.05) is 14.2 Å². The summed E-state index contributed by atoms with van der Waals surface area (Å²) in [6.45, 7) is 0. The number of alkyl halides is 3. The molecule has 0 unspecified atom stereocenters. The Kier molecular flexibility index (Phi) is 4.45. The van der Waals surface area contributed by atoms with E-state index in [0.29, 0.717) is 22.3 Å². The van der Waals surface area contributed by atoms with Gasteiger partial charge in [0.2, 0.25) is 5.43 Å². The molecule has 4 nitrogen and oxygen atoms in total. The van der Waals surface area contributed by atoms with E-state index in [-0.39, 0.29) is 22.1 Å². The van der Waals surface area contributed by atoms with Crippen LogP contribution in [0.25, 0.3) is 32.9 Å². The van der Waals surface area contributed by atoms with Crippen molar-refractivity contribution >= 4 is 21.7 Å². The molecular formula is C22H15F3O4. The molecular weight excluding hydrogens is 385 g/mol. The predicted molar refractivity (Wildman–Crippen MR) is 104 cm³/mol. The summed E-state index contributed by atoms with van der Waals surface area (Å²) in [5.74, 6) is 0.706. The lowest BCUT2D eigenvalue weighted by Crippen LogP contribution is -2.12. The standard InChI is InChI=1S/C22H15F3O4/c1-27-17-10-8-12-7-9-16-19(18(12)21(17)28-2)20(26)14(11-29-16)13-5-3-4-6-15(13)22(23,24)25/h3-11H,1-2H3. The molecule has 0 saturated carbocycles. The van der Waals surface area contributed by atoms with E-state index in [0.717, 1.165) is 12.3 Å². The Morgan fingerprint density at radius 1 is 0.862 bits per heavy atom. The first-order valence-electron chi connectivity index (χ1n) is 8.62. The summed E-state index contributed by atoms with van der Waals surface area (Å²) in [7, 11) is 2.89. The fourth-order valence-corrected chi connectivity index (χ4v) is 3.50. The SMILES string of the molecule is COc1ccc2ccc3occ(-c4ccccc4C(F)(F)F)c(=O)c3c2c1OC. The van der Waals surface area contributed by atoms with Gasteiger partial charge >= 0.3 is 6.18 Å². The van der Waals surface area contributed by atoms with Gasteiger partial charge in [0, 0.05) is 10.9 Å². The van der Waals surface area contributed by atoms with Gasteiger partial charge in [-0.1, -0.05) is 30.3 Å². The first-order valence-corrected chi connectivity index (χ1v) is 8.62. The highest BCUT2D eigenvalue weighted by molar-refractivity contribution is 6.10. The monoisotopic (exact) mass is 400 g/mol. The Hall–Kier alpha value is -3.48. The molecule has 0 radical (unpaired) electrons. The third kappa shape index (κ3) is 2.99. The average Bonchev–Trinajstić information content (AvgIpc) is 2.72. The largest absolute Gasteiger partial charge is 0.493 e.